The Bertz CT molecular complexity index is 1190. The van der Waals surface area contributed by atoms with E-state index < -0.39 is 4.75 Å². The first-order chi connectivity index (χ1) is 18.6. The molecule has 4 rings (SSSR count). The molecule has 0 N–H and O–H groups in total. The fraction of sp³-hybridized carbons (Fsp3) is 0.258. The molecule has 3 aromatic carbocycles. The summed E-state index contributed by atoms with van der Waals surface area (Å²) >= 11 is 1.87. The highest BCUT2D eigenvalue weighted by molar-refractivity contribution is 8.01. The van der Waals surface area contributed by atoms with E-state index in [9.17, 15) is 4.79 Å². The molecule has 3 aromatic rings. The van der Waals surface area contributed by atoms with E-state index in [0.29, 0.717) is 6.54 Å². The second-order valence-electron chi connectivity index (χ2n) is 9.24. The third-order valence-corrected chi connectivity index (χ3v) is 8.34. The van der Waals surface area contributed by atoms with Gasteiger partial charge < -0.3 is 9.64 Å². The fourth-order valence-electron chi connectivity index (χ4n) is 4.99. The van der Waals surface area contributed by atoms with Crippen molar-refractivity contribution in [3.8, 4) is 0 Å². The molecule has 1 heterocycles. The Morgan fingerprint density at radius 3 is 2.05 bits per heavy atom. The van der Waals surface area contributed by atoms with Gasteiger partial charge in [-0.1, -0.05) is 120 Å². The zero-order valence-electron chi connectivity index (χ0n) is 21.5. The van der Waals surface area contributed by atoms with Crippen LogP contribution in [0.25, 0.3) is 10.4 Å². The van der Waals surface area contributed by atoms with Gasteiger partial charge in [0.25, 0.3) is 0 Å². The molecule has 7 heteroatoms. The first-order valence-corrected chi connectivity index (χ1v) is 13.5. The second kappa shape index (κ2) is 13.0. The van der Waals surface area contributed by atoms with Crippen LogP contribution >= 0.6 is 11.8 Å². The van der Waals surface area contributed by atoms with Crippen LogP contribution < -0.4 is 0 Å². The summed E-state index contributed by atoms with van der Waals surface area (Å²) < 4.78 is 4.97. The van der Waals surface area contributed by atoms with E-state index in [1.54, 1.807) is 11.0 Å². The van der Waals surface area contributed by atoms with Crippen LogP contribution in [0.5, 0.6) is 0 Å². The number of benzene rings is 3. The maximum Gasteiger partial charge on any atom is 0.410 e. The number of carbonyl (C=O) groups is 1. The smallest absolute Gasteiger partial charge is 0.410 e. The summed E-state index contributed by atoms with van der Waals surface area (Å²) in [6.45, 7) is 6.54. The van der Waals surface area contributed by atoms with Crippen molar-refractivity contribution in [2.75, 3.05) is 19.7 Å². The van der Waals surface area contributed by atoms with E-state index in [4.69, 9.17) is 10.3 Å². The standard InChI is InChI=1S/C31H32N4O2S/c1-3-19-37-30(36)35-23-29(21-28(35)20-24(2)22-33-34-32)38-31(25-13-7-4-8-14-25,26-15-9-5-10-16-26)27-17-11-6-12-18-27/h3-18,20,28-29H,1,19,21-23H2,2H3/b24-20+/t28-,29+/m1/s1. The van der Waals surface area contributed by atoms with Crippen molar-refractivity contribution in [2.24, 2.45) is 5.11 Å². The Balaban J connectivity index is 1.77. The molecule has 38 heavy (non-hydrogen) atoms. The summed E-state index contributed by atoms with van der Waals surface area (Å²) in [6.07, 6.45) is 3.98. The van der Waals surface area contributed by atoms with Crippen molar-refractivity contribution in [1.29, 1.82) is 0 Å². The lowest BCUT2D eigenvalue weighted by atomic mass is 9.84. The van der Waals surface area contributed by atoms with Crippen LogP contribution in [0.15, 0.2) is 120 Å². The number of thioether (sulfide) groups is 1. The zero-order valence-corrected chi connectivity index (χ0v) is 22.3. The highest BCUT2D eigenvalue weighted by Gasteiger charge is 2.44. The van der Waals surface area contributed by atoms with Crippen LogP contribution in [0.4, 0.5) is 4.79 Å². The fourth-order valence-corrected chi connectivity index (χ4v) is 6.83. The Labute approximate surface area is 228 Å². The number of azide groups is 1. The van der Waals surface area contributed by atoms with E-state index in [1.165, 1.54) is 16.7 Å². The average Bonchev–Trinajstić information content (AvgIpc) is 3.36. The SMILES string of the molecule is C=CCOC(=O)N1C[C@@H](SC(c2ccccc2)(c2ccccc2)c2ccccc2)C[C@H]1/C=C(\C)CN=[N+]=[N-]. The van der Waals surface area contributed by atoms with Crippen LogP contribution in [0, 0.1) is 0 Å². The summed E-state index contributed by atoms with van der Waals surface area (Å²) in [4.78, 5) is 17.7. The van der Waals surface area contributed by atoms with Gasteiger partial charge in [-0.2, -0.15) is 0 Å². The van der Waals surface area contributed by atoms with Crippen molar-refractivity contribution in [3.63, 3.8) is 0 Å². The van der Waals surface area contributed by atoms with Gasteiger partial charge in [-0.3, -0.25) is 0 Å². The molecule has 1 saturated heterocycles. The number of hydrogen-bond donors (Lipinski definition) is 0. The average molecular weight is 525 g/mol. The maximum atomic E-state index is 13.1. The maximum absolute atomic E-state index is 13.1. The predicted octanol–water partition coefficient (Wildman–Crippen LogP) is 7.73. The van der Waals surface area contributed by atoms with Crippen LogP contribution in [0.3, 0.4) is 0 Å². The van der Waals surface area contributed by atoms with Crippen molar-refractivity contribution >= 4 is 17.9 Å². The molecule has 0 aliphatic carbocycles. The molecular weight excluding hydrogens is 492 g/mol. The first kappa shape index (κ1) is 27.1. The number of ether oxygens (including phenoxy) is 1. The normalized spacial score (nSPS) is 17.5. The lowest BCUT2D eigenvalue weighted by Crippen LogP contribution is -2.36. The van der Waals surface area contributed by atoms with E-state index in [2.05, 4.69) is 89.4 Å². The molecule has 1 amide bonds. The topological polar surface area (TPSA) is 78.3 Å². The summed E-state index contributed by atoms with van der Waals surface area (Å²) in [5.41, 5.74) is 13.2. The first-order valence-electron chi connectivity index (χ1n) is 12.6. The van der Waals surface area contributed by atoms with E-state index in [-0.39, 0.29) is 30.5 Å². The number of likely N-dealkylation sites (tertiary alicyclic amines) is 1. The van der Waals surface area contributed by atoms with Crippen molar-refractivity contribution in [2.45, 2.75) is 29.4 Å². The molecule has 194 valence electrons. The quantitative estimate of drug-likeness (QED) is 0.0895. The molecule has 2 atom stereocenters. The van der Waals surface area contributed by atoms with E-state index in [1.807, 2.05) is 43.0 Å². The van der Waals surface area contributed by atoms with Crippen molar-refractivity contribution in [3.05, 3.63) is 142 Å². The molecule has 0 bridgehead atoms. The van der Waals surface area contributed by atoms with Crippen molar-refractivity contribution in [1.82, 2.24) is 4.90 Å². The number of amides is 1. The summed E-state index contributed by atoms with van der Waals surface area (Å²) in [6, 6.07) is 31.5. The van der Waals surface area contributed by atoms with Gasteiger partial charge in [0.1, 0.15) is 6.61 Å². The van der Waals surface area contributed by atoms with Crippen molar-refractivity contribution < 1.29 is 9.53 Å². The molecule has 6 nitrogen and oxygen atoms in total. The van der Waals surface area contributed by atoms with E-state index >= 15 is 0 Å². The molecule has 0 saturated carbocycles. The van der Waals surface area contributed by atoms with E-state index in [0.717, 1.165) is 12.0 Å². The van der Waals surface area contributed by atoms with Gasteiger partial charge in [0, 0.05) is 23.3 Å². The molecule has 0 aromatic heterocycles. The summed E-state index contributed by atoms with van der Waals surface area (Å²) in [7, 11) is 0. The van der Waals surface area contributed by atoms with Crippen LogP contribution in [-0.4, -0.2) is 42.0 Å². The van der Waals surface area contributed by atoms with Crippen LogP contribution in [0.2, 0.25) is 0 Å². The highest BCUT2D eigenvalue weighted by atomic mass is 32.2. The lowest BCUT2D eigenvalue weighted by molar-refractivity contribution is 0.114. The molecule has 1 aliphatic rings. The third kappa shape index (κ3) is 6.13. The minimum atomic E-state index is -0.482. The predicted molar refractivity (Wildman–Crippen MR) is 155 cm³/mol. The van der Waals surface area contributed by atoms with Gasteiger partial charge in [-0.05, 0) is 35.6 Å². The Morgan fingerprint density at radius 2 is 1.58 bits per heavy atom. The summed E-state index contributed by atoms with van der Waals surface area (Å²) in [5, 5.41) is 3.80. The van der Waals surface area contributed by atoms with Crippen LogP contribution in [0.1, 0.15) is 30.0 Å². The molecular formula is C31H32N4O2S. The minimum absolute atomic E-state index is 0.111. The van der Waals surface area contributed by atoms with Crippen LogP contribution in [-0.2, 0) is 9.48 Å². The number of rotatable bonds is 10. The van der Waals surface area contributed by atoms with Gasteiger partial charge in [0.15, 0.2) is 0 Å². The van der Waals surface area contributed by atoms with Gasteiger partial charge in [0.2, 0.25) is 0 Å². The number of hydrogen-bond acceptors (Lipinski definition) is 4. The largest absolute Gasteiger partial charge is 0.445 e. The highest BCUT2D eigenvalue weighted by Crippen LogP contribution is 2.52. The Kier molecular flexibility index (Phi) is 9.30. The third-order valence-electron chi connectivity index (χ3n) is 6.61. The minimum Gasteiger partial charge on any atom is -0.445 e. The van der Waals surface area contributed by atoms with Gasteiger partial charge in [0.05, 0.1) is 10.8 Å². The zero-order chi connectivity index (χ0) is 26.8. The second-order valence-corrected chi connectivity index (χ2v) is 10.8. The monoisotopic (exact) mass is 524 g/mol. The number of carbonyl (C=O) groups excluding carboxylic acids is 1. The Morgan fingerprint density at radius 1 is 1.05 bits per heavy atom. The molecule has 0 spiro atoms. The Hall–Kier alpha value is -3.93. The summed E-state index contributed by atoms with van der Waals surface area (Å²) in [5.74, 6) is 0. The molecule has 0 radical (unpaired) electrons. The molecule has 1 aliphatic heterocycles. The van der Waals surface area contributed by atoms with Gasteiger partial charge in [-0.15, -0.1) is 11.8 Å². The van der Waals surface area contributed by atoms with Gasteiger partial charge >= 0.3 is 6.09 Å². The lowest BCUT2D eigenvalue weighted by Gasteiger charge is -2.37. The van der Waals surface area contributed by atoms with Gasteiger partial charge in [-0.25, -0.2) is 4.79 Å². The number of nitrogens with zero attached hydrogens (tertiary/aromatic N) is 4. The molecule has 0 unspecified atom stereocenters. The molecule has 1 fully saturated rings.